The van der Waals surface area contributed by atoms with Crippen LogP contribution in [0.5, 0.6) is 0 Å². The van der Waals surface area contributed by atoms with E-state index in [1.165, 1.54) is 0 Å². The normalized spacial score (nSPS) is 11.6. The Labute approximate surface area is 131 Å². The molecule has 0 amide bonds. The highest BCUT2D eigenvalue weighted by molar-refractivity contribution is 6.67. The first-order valence-electron chi connectivity index (χ1n) is 5.73. The quantitative estimate of drug-likeness (QED) is 0.473. The standard InChI is InChI=1S/C7H5ClO.C4H2O3.C3H5ClO/c8-7(9)6-4-2-1-3-5-6;5-3-1-2-4(6)7-3;1-2-3(4)5/h1-5H;1-2H;2H2,1H3. The summed E-state index contributed by atoms with van der Waals surface area (Å²) in [5, 5.41) is -0.680. The lowest BCUT2D eigenvalue weighted by Crippen LogP contribution is -1.96. The van der Waals surface area contributed by atoms with E-state index in [0.29, 0.717) is 12.0 Å². The van der Waals surface area contributed by atoms with Crippen LogP contribution in [0.4, 0.5) is 0 Å². The van der Waals surface area contributed by atoms with Gasteiger partial charge in [0.25, 0.3) is 5.24 Å². The first-order chi connectivity index (χ1) is 9.86. The van der Waals surface area contributed by atoms with Crippen LogP contribution in [0.2, 0.25) is 0 Å². The molecule has 0 N–H and O–H groups in total. The number of carbonyl (C=O) groups excluding carboxylic acids is 4. The molecule has 0 atom stereocenters. The highest BCUT2D eigenvalue weighted by Crippen LogP contribution is 2.01. The Bertz CT molecular complexity index is 522. The average Bonchev–Trinajstić information content (AvgIpc) is 2.84. The zero-order valence-corrected chi connectivity index (χ0v) is 12.6. The van der Waals surface area contributed by atoms with Gasteiger partial charge in [0.1, 0.15) is 0 Å². The molecule has 5 nitrogen and oxygen atoms in total. The van der Waals surface area contributed by atoms with Crippen molar-refractivity contribution in [1.29, 1.82) is 0 Å². The molecule has 0 fully saturated rings. The SMILES string of the molecule is CCC(=O)Cl.O=C(Cl)c1ccccc1.O=C1C=CC(=O)O1. The minimum absolute atomic E-state index is 0.273. The van der Waals surface area contributed by atoms with Gasteiger partial charge in [-0.2, -0.15) is 0 Å². The van der Waals surface area contributed by atoms with Gasteiger partial charge in [0.15, 0.2) is 0 Å². The summed E-state index contributed by atoms with van der Waals surface area (Å²) in [6.45, 7) is 1.72. The number of benzene rings is 1. The molecule has 0 spiro atoms. The maximum atomic E-state index is 10.4. The van der Waals surface area contributed by atoms with E-state index < -0.39 is 17.2 Å². The summed E-state index contributed by atoms with van der Waals surface area (Å²) in [6, 6.07) is 8.74. The van der Waals surface area contributed by atoms with Crippen LogP contribution in [-0.4, -0.2) is 22.4 Å². The molecule has 0 radical (unpaired) electrons. The average molecular weight is 331 g/mol. The third-order valence-corrected chi connectivity index (χ3v) is 2.32. The van der Waals surface area contributed by atoms with E-state index >= 15 is 0 Å². The Kier molecular flexibility index (Phi) is 9.75. The molecule has 1 aromatic carbocycles. The van der Waals surface area contributed by atoms with Crippen molar-refractivity contribution in [1.82, 2.24) is 0 Å². The molecular formula is C14H12Cl2O5. The highest BCUT2D eigenvalue weighted by atomic mass is 35.5. The molecule has 0 saturated carbocycles. The van der Waals surface area contributed by atoms with Crippen molar-refractivity contribution in [3.05, 3.63) is 48.0 Å². The third kappa shape index (κ3) is 10.5. The second kappa shape index (κ2) is 10.8. The lowest BCUT2D eigenvalue weighted by atomic mass is 10.2. The molecule has 0 saturated heterocycles. The third-order valence-electron chi connectivity index (χ3n) is 1.84. The molecule has 7 heteroatoms. The van der Waals surface area contributed by atoms with Crippen LogP contribution >= 0.6 is 23.2 Å². The van der Waals surface area contributed by atoms with E-state index in [9.17, 15) is 19.2 Å². The van der Waals surface area contributed by atoms with Crippen molar-refractivity contribution in [2.24, 2.45) is 0 Å². The van der Waals surface area contributed by atoms with E-state index in [1.54, 1.807) is 31.2 Å². The summed E-state index contributed by atoms with van der Waals surface area (Å²) in [5.41, 5.74) is 0.541. The number of cyclic esters (lactones) is 2. The van der Waals surface area contributed by atoms with Crippen LogP contribution in [0.15, 0.2) is 42.5 Å². The molecule has 0 aromatic heterocycles. The first kappa shape index (κ1) is 19.0. The maximum Gasteiger partial charge on any atom is 0.338 e. The zero-order chi connectivity index (χ0) is 16.3. The van der Waals surface area contributed by atoms with Crippen LogP contribution < -0.4 is 0 Å². The Morgan fingerprint density at radius 3 is 1.62 bits per heavy atom. The Hall–Kier alpha value is -1.98. The lowest BCUT2D eigenvalue weighted by Gasteiger charge is -1.87. The van der Waals surface area contributed by atoms with E-state index in [1.807, 2.05) is 6.07 Å². The molecule has 1 aliphatic rings. The van der Waals surface area contributed by atoms with Gasteiger partial charge in [0, 0.05) is 24.1 Å². The summed E-state index contributed by atoms with van der Waals surface area (Å²) >= 11 is 9.99. The number of esters is 2. The summed E-state index contributed by atoms with van der Waals surface area (Å²) in [6.07, 6.45) is 2.60. The molecule has 2 rings (SSSR count). The van der Waals surface area contributed by atoms with Crippen LogP contribution in [0.25, 0.3) is 0 Å². The van der Waals surface area contributed by atoms with Gasteiger partial charge in [-0.25, -0.2) is 9.59 Å². The molecule has 1 aromatic rings. The highest BCUT2D eigenvalue weighted by Gasteiger charge is 2.10. The first-order valence-corrected chi connectivity index (χ1v) is 6.49. The van der Waals surface area contributed by atoms with Gasteiger partial charge in [-0.3, -0.25) is 9.59 Å². The second-order valence-corrected chi connectivity index (χ2v) is 4.19. The molecule has 21 heavy (non-hydrogen) atoms. The molecule has 0 bridgehead atoms. The predicted octanol–water partition coefficient (Wildman–Crippen LogP) is 2.85. The van der Waals surface area contributed by atoms with Gasteiger partial charge in [0.05, 0.1) is 0 Å². The fraction of sp³-hybridized carbons (Fsp3) is 0.143. The number of hydrogen-bond donors (Lipinski definition) is 0. The van der Waals surface area contributed by atoms with Crippen LogP contribution in [0, 0.1) is 0 Å². The molecule has 1 heterocycles. The van der Waals surface area contributed by atoms with Crippen molar-refractivity contribution >= 4 is 45.6 Å². The second-order valence-electron chi connectivity index (χ2n) is 3.42. The maximum absolute atomic E-state index is 10.4. The number of ether oxygens (including phenoxy) is 1. The topological polar surface area (TPSA) is 77.5 Å². The predicted molar refractivity (Wildman–Crippen MR) is 78.0 cm³/mol. The van der Waals surface area contributed by atoms with Gasteiger partial charge < -0.3 is 4.74 Å². The van der Waals surface area contributed by atoms with Gasteiger partial charge >= 0.3 is 11.9 Å². The minimum Gasteiger partial charge on any atom is -0.387 e. The van der Waals surface area contributed by atoms with Crippen LogP contribution in [0.3, 0.4) is 0 Å². The number of hydrogen-bond acceptors (Lipinski definition) is 5. The zero-order valence-electron chi connectivity index (χ0n) is 11.0. The molecule has 0 unspecified atom stereocenters. The van der Waals surface area contributed by atoms with Gasteiger partial charge in [-0.05, 0) is 23.2 Å². The summed E-state index contributed by atoms with van der Waals surface area (Å²) in [4.78, 5) is 39.8. The Balaban J connectivity index is 0.000000300. The van der Waals surface area contributed by atoms with Crippen molar-refractivity contribution in [3.8, 4) is 0 Å². The Morgan fingerprint density at radius 1 is 1.00 bits per heavy atom. The largest absolute Gasteiger partial charge is 0.387 e. The van der Waals surface area contributed by atoms with Crippen molar-refractivity contribution in [3.63, 3.8) is 0 Å². The Morgan fingerprint density at radius 2 is 1.43 bits per heavy atom. The molecule has 1 aliphatic heterocycles. The van der Waals surface area contributed by atoms with Crippen molar-refractivity contribution < 1.29 is 23.9 Å². The van der Waals surface area contributed by atoms with E-state index in [-0.39, 0.29) is 5.24 Å². The van der Waals surface area contributed by atoms with Gasteiger partial charge in [-0.15, -0.1) is 0 Å². The van der Waals surface area contributed by atoms with Gasteiger partial charge in [-0.1, -0.05) is 37.3 Å². The van der Waals surface area contributed by atoms with E-state index in [0.717, 1.165) is 12.2 Å². The number of halogens is 2. The van der Waals surface area contributed by atoms with Crippen LogP contribution in [0.1, 0.15) is 23.7 Å². The van der Waals surface area contributed by atoms with Gasteiger partial charge in [0.2, 0.25) is 5.24 Å². The summed E-state index contributed by atoms with van der Waals surface area (Å²) in [5.74, 6) is -1.16. The molecular weight excluding hydrogens is 319 g/mol. The molecule has 112 valence electrons. The summed E-state index contributed by atoms with van der Waals surface area (Å²) in [7, 11) is 0. The van der Waals surface area contributed by atoms with Crippen LogP contribution in [-0.2, 0) is 19.1 Å². The monoisotopic (exact) mass is 330 g/mol. The molecule has 0 aliphatic carbocycles. The van der Waals surface area contributed by atoms with E-state index in [2.05, 4.69) is 4.74 Å². The number of rotatable bonds is 2. The lowest BCUT2D eigenvalue weighted by molar-refractivity contribution is -0.150. The smallest absolute Gasteiger partial charge is 0.338 e. The van der Waals surface area contributed by atoms with Crippen molar-refractivity contribution in [2.45, 2.75) is 13.3 Å². The summed E-state index contributed by atoms with van der Waals surface area (Å²) < 4.78 is 3.97. The fourth-order valence-corrected chi connectivity index (χ4v) is 0.998. The van der Waals surface area contributed by atoms with Crippen molar-refractivity contribution in [2.75, 3.05) is 0 Å². The number of carbonyl (C=O) groups is 4. The fourth-order valence-electron chi connectivity index (χ4n) is 0.872. The minimum atomic E-state index is -0.579. The van der Waals surface area contributed by atoms with E-state index in [4.69, 9.17) is 23.2 Å².